The van der Waals surface area contributed by atoms with Gasteiger partial charge in [-0.15, -0.1) is 11.8 Å². The van der Waals surface area contributed by atoms with Crippen LogP contribution >= 0.6 is 11.8 Å². The number of thioether (sulfide) groups is 1. The van der Waals surface area contributed by atoms with Gasteiger partial charge in [0, 0.05) is 19.0 Å². The van der Waals surface area contributed by atoms with Crippen molar-refractivity contribution in [2.45, 2.75) is 4.90 Å². The molecule has 0 aromatic heterocycles. The van der Waals surface area contributed by atoms with E-state index in [1.807, 2.05) is 0 Å². The van der Waals surface area contributed by atoms with Gasteiger partial charge in [-0.2, -0.15) is 0 Å². The SMILES string of the molecule is CN(C)C(=O)CNC(=O)CSc1cc(F)ccc1F. The normalized spacial score (nSPS) is 10.1. The van der Waals surface area contributed by atoms with Gasteiger partial charge in [0.25, 0.3) is 0 Å². The Morgan fingerprint density at radius 1 is 1.32 bits per heavy atom. The molecule has 1 aromatic carbocycles. The molecular weight excluding hydrogens is 274 g/mol. The molecule has 0 spiro atoms. The maximum absolute atomic E-state index is 13.3. The molecule has 0 aliphatic carbocycles. The largest absolute Gasteiger partial charge is 0.347 e. The van der Waals surface area contributed by atoms with E-state index in [9.17, 15) is 18.4 Å². The number of nitrogens with one attached hydrogen (secondary N) is 1. The number of likely N-dealkylation sites (N-methyl/N-ethyl adjacent to an activating group) is 1. The summed E-state index contributed by atoms with van der Waals surface area (Å²) in [6, 6.07) is 3.04. The van der Waals surface area contributed by atoms with E-state index in [4.69, 9.17) is 0 Å². The minimum Gasteiger partial charge on any atom is -0.347 e. The second-order valence-corrected chi connectivity index (χ2v) is 4.95. The van der Waals surface area contributed by atoms with Crippen molar-refractivity contribution in [3.8, 4) is 0 Å². The molecule has 4 nitrogen and oxygen atoms in total. The Kier molecular flexibility index (Phi) is 5.75. The lowest BCUT2D eigenvalue weighted by atomic mass is 10.3. The number of carbonyl (C=O) groups excluding carboxylic acids is 2. The van der Waals surface area contributed by atoms with Gasteiger partial charge < -0.3 is 10.2 Å². The van der Waals surface area contributed by atoms with Crippen LogP contribution in [0.1, 0.15) is 0 Å². The Hall–Kier alpha value is -1.63. The average Bonchev–Trinajstić information content (AvgIpc) is 2.36. The molecule has 2 amide bonds. The predicted molar refractivity (Wildman–Crippen MR) is 68.8 cm³/mol. The summed E-state index contributed by atoms with van der Waals surface area (Å²) in [5, 5.41) is 2.40. The Balaban J connectivity index is 2.42. The lowest BCUT2D eigenvalue weighted by Crippen LogP contribution is -2.36. The van der Waals surface area contributed by atoms with Gasteiger partial charge in [-0.3, -0.25) is 9.59 Å². The van der Waals surface area contributed by atoms with Crippen molar-refractivity contribution in [1.82, 2.24) is 10.2 Å². The molecule has 0 saturated heterocycles. The minimum absolute atomic E-state index is 0.0640. The average molecular weight is 288 g/mol. The standard InChI is InChI=1S/C12H14F2N2O2S/c1-16(2)12(18)6-15-11(17)7-19-10-5-8(13)3-4-9(10)14/h3-5H,6-7H2,1-2H3,(H,15,17). The number of hydrogen-bond donors (Lipinski definition) is 1. The molecule has 0 heterocycles. The molecule has 0 atom stereocenters. The summed E-state index contributed by atoms with van der Waals surface area (Å²) in [5.41, 5.74) is 0. The summed E-state index contributed by atoms with van der Waals surface area (Å²) in [6.07, 6.45) is 0. The molecule has 1 aromatic rings. The minimum atomic E-state index is -0.580. The number of amides is 2. The van der Waals surface area contributed by atoms with Crippen LogP contribution in [0.15, 0.2) is 23.1 Å². The van der Waals surface area contributed by atoms with Crippen LogP contribution in [0.25, 0.3) is 0 Å². The number of hydrogen-bond acceptors (Lipinski definition) is 3. The highest BCUT2D eigenvalue weighted by Gasteiger charge is 2.10. The van der Waals surface area contributed by atoms with Crippen LogP contribution in [0.4, 0.5) is 8.78 Å². The molecule has 7 heteroatoms. The van der Waals surface area contributed by atoms with E-state index in [-0.39, 0.29) is 23.1 Å². The molecular formula is C12H14F2N2O2S. The Labute approximate surface area is 114 Å². The summed E-state index contributed by atoms with van der Waals surface area (Å²) >= 11 is 0.877. The first kappa shape index (κ1) is 15.4. The van der Waals surface area contributed by atoms with Crippen LogP contribution in [0.2, 0.25) is 0 Å². The van der Waals surface area contributed by atoms with Crippen molar-refractivity contribution in [2.75, 3.05) is 26.4 Å². The molecule has 1 N–H and O–H groups in total. The number of halogens is 2. The first-order chi connectivity index (χ1) is 8.90. The second kappa shape index (κ2) is 7.08. The molecule has 19 heavy (non-hydrogen) atoms. The number of benzene rings is 1. The zero-order valence-electron chi connectivity index (χ0n) is 10.6. The highest BCUT2D eigenvalue weighted by molar-refractivity contribution is 8.00. The molecule has 0 fully saturated rings. The van der Waals surface area contributed by atoms with Crippen molar-refractivity contribution in [1.29, 1.82) is 0 Å². The van der Waals surface area contributed by atoms with Crippen molar-refractivity contribution >= 4 is 23.6 Å². The summed E-state index contributed by atoms with van der Waals surface area (Å²) in [5.74, 6) is -1.88. The number of carbonyl (C=O) groups is 2. The van der Waals surface area contributed by atoms with E-state index < -0.39 is 17.5 Å². The lowest BCUT2D eigenvalue weighted by molar-refractivity contribution is -0.130. The number of nitrogens with zero attached hydrogens (tertiary/aromatic N) is 1. The second-order valence-electron chi connectivity index (χ2n) is 3.93. The molecule has 1 rings (SSSR count). The van der Waals surface area contributed by atoms with Crippen LogP contribution in [0, 0.1) is 11.6 Å². The van der Waals surface area contributed by atoms with E-state index in [1.165, 1.54) is 4.90 Å². The summed E-state index contributed by atoms with van der Waals surface area (Å²) < 4.78 is 26.1. The van der Waals surface area contributed by atoms with Gasteiger partial charge in [0.2, 0.25) is 11.8 Å². The quantitative estimate of drug-likeness (QED) is 0.830. The van der Waals surface area contributed by atoms with Gasteiger partial charge in [0.15, 0.2) is 0 Å². The van der Waals surface area contributed by atoms with E-state index in [1.54, 1.807) is 14.1 Å². The van der Waals surface area contributed by atoms with Crippen LogP contribution in [-0.2, 0) is 9.59 Å². The van der Waals surface area contributed by atoms with Gasteiger partial charge in [-0.1, -0.05) is 0 Å². The third-order valence-corrected chi connectivity index (χ3v) is 3.22. The third-order valence-electron chi connectivity index (χ3n) is 2.19. The van der Waals surface area contributed by atoms with Crippen LogP contribution in [0.5, 0.6) is 0 Å². The first-order valence-corrected chi connectivity index (χ1v) is 6.43. The van der Waals surface area contributed by atoms with Crippen molar-refractivity contribution in [3.63, 3.8) is 0 Å². The molecule has 0 bridgehead atoms. The zero-order chi connectivity index (χ0) is 14.4. The lowest BCUT2D eigenvalue weighted by Gasteiger charge is -2.10. The van der Waals surface area contributed by atoms with Gasteiger partial charge >= 0.3 is 0 Å². The van der Waals surface area contributed by atoms with Crippen molar-refractivity contribution in [3.05, 3.63) is 29.8 Å². The summed E-state index contributed by atoms with van der Waals surface area (Å²) in [4.78, 5) is 24.0. The Bertz CT molecular complexity index is 481. The molecule has 0 aliphatic heterocycles. The van der Waals surface area contributed by atoms with Crippen molar-refractivity contribution < 1.29 is 18.4 Å². The highest BCUT2D eigenvalue weighted by atomic mass is 32.2. The van der Waals surface area contributed by atoms with Gasteiger partial charge in [0.1, 0.15) is 11.6 Å². The van der Waals surface area contributed by atoms with E-state index in [0.29, 0.717) is 0 Å². The monoisotopic (exact) mass is 288 g/mol. The first-order valence-electron chi connectivity index (χ1n) is 5.45. The molecule has 0 radical (unpaired) electrons. The van der Waals surface area contributed by atoms with Crippen LogP contribution < -0.4 is 5.32 Å². The molecule has 0 unspecified atom stereocenters. The fourth-order valence-electron chi connectivity index (χ4n) is 1.11. The van der Waals surface area contributed by atoms with Gasteiger partial charge in [0.05, 0.1) is 12.3 Å². The molecule has 0 aliphatic rings. The zero-order valence-corrected chi connectivity index (χ0v) is 11.4. The fraction of sp³-hybridized carbons (Fsp3) is 0.333. The van der Waals surface area contributed by atoms with E-state index >= 15 is 0 Å². The van der Waals surface area contributed by atoms with Gasteiger partial charge in [-0.25, -0.2) is 8.78 Å². The Morgan fingerprint density at radius 3 is 2.63 bits per heavy atom. The summed E-state index contributed by atoms with van der Waals surface area (Å²) in [6.45, 7) is -0.113. The molecule has 104 valence electrons. The molecule has 0 saturated carbocycles. The van der Waals surface area contributed by atoms with Gasteiger partial charge in [-0.05, 0) is 18.2 Å². The predicted octanol–water partition coefficient (Wildman–Crippen LogP) is 1.26. The maximum atomic E-state index is 13.3. The van der Waals surface area contributed by atoms with Crippen molar-refractivity contribution in [2.24, 2.45) is 0 Å². The fourth-order valence-corrected chi connectivity index (χ4v) is 1.90. The van der Waals surface area contributed by atoms with Crippen LogP contribution in [0.3, 0.4) is 0 Å². The van der Waals surface area contributed by atoms with E-state index in [0.717, 1.165) is 30.0 Å². The smallest absolute Gasteiger partial charge is 0.241 e. The Morgan fingerprint density at radius 2 is 2.00 bits per heavy atom. The summed E-state index contributed by atoms with van der Waals surface area (Å²) in [7, 11) is 3.15. The third kappa shape index (κ3) is 5.25. The van der Waals surface area contributed by atoms with Crippen LogP contribution in [-0.4, -0.2) is 43.1 Å². The maximum Gasteiger partial charge on any atom is 0.241 e. The topological polar surface area (TPSA) is 49.4 Å². The van der Waals surface area contributed by atoms with E-state index in [2.05, 4.69) is 5.32 Å². The number of rotatable bonds is 5. The highest BCUT2D eigenvalue weighted by Crippen LogP contribution is 2.22.